The van der Waals surface area contributed by atoms with Crippen LogP contribution >= 0.6 is 0 Å². The van der Waals surface area contributed by atoms with E-state index < -0.39 is 0 Å². The van der Waals surface area contributed by atoms with Crippen LogP contribution in [0.15, 0.2) is 48.7 Å². The minimum Gasteiger partial charge on any atom is -0.507 e. The molecule has 3 N–H and O–H groups in total. The first kappa shape index (κ1) is 24.5. The molecule has 8 heteroatoms. The van der Waals surface area contributed by atoms with Gasteiger partial charge in [-0.25, -0.2) is 4.98 Å². The van der Waals surface area contributed by atoms with Crippen molar-refractivity contribution in [1.82, 2.24) is 20.1 Å². The standard InChI is InChI=1S/C30H35N7O/c31-30-28(19-27(33-34-30)26-9-3-4-10-29(26)38)36-20-24-11-12-25(21-36)37(24)23-13-14-32-22(18-23)8-7-17-35-15-5-1-2-6-16-35/h3-4,9-10,13-14,18-19,24-25,38H,1-2,5-6,11-12,15-17,20-21H2,(H2,31,34)/t24-,25?/m1/s1. The zero-order valence-corrected chi connectivity index (χ0v) is 21.8. The van der Waals surface area contributed by atoms with Gasteiger partial charge < -0.3 is 20.6 Å². The van der Waals surface area contributed by atoms with Crippen molar-refractivity contribution >= 4 is 17.2 Å². The molecule has 8 nitrogen and oxygen atoms in total. The number of phenols is 1. The molecule has 1 aromatic carbocycles. The number of aromatic hydroxyl groups is 1. The second-order valence-corrected chi connectivity index (χ2v) is 10.6. The van der Waals surface area contributed by atoms with Gasteiger partial charge in [-0.05, 0) is 75.0 Å². The number of para-hydroxylation sites is 1. The summed E-state index contributed by atoms with van der Waals surface area (Å²) in [5.74, 6) is 7.29. The Labute approximate surface area is 224 Å². The highest BCUT2D eigenvalue weighted by molar-refractivity contribution is 5.74. The van der Waals surface area contributed by atoms with E-state index in [2.05, 4.69) is 53.9 Å². The van der Waals surface area contributed by atoms with E-state index in [1.165, 1.54) is 31.4 Å². The van der Waals surface area contributed by atoms with E-state index in [1.807, 2.05) is 24.4 Å². The lowest BCUT2D eigenvalue weighted by Crippen LogP contribution is -2.54. The van der Waals surface area contributed by atoms with Gasteiger partial charge in [0.1, 0.15) is 11.4 Å². The summed E-state index contributed by atoms with van der Waals surface area (Å²) in [6.45, 7) is 4.83. The number of rotatable bonds is 4. The van der Waals surface area contributed by atoms with Gasteiger partial charge in [-0.2, -0.15) is 0 Å². The monoisotopic (exact) mass is 509 g/mol. The van der Waals surface area contributed by atoms with E-state index in [0.29, 0.717) is 29.2 Å². The van der Waals surface area contributed by atoms with Gasteiger partial charge in [0.15, 0.2) is 5.82 Å². The van der Waals surface area contributed by atoms with Gasteiger partial charge in [-0.3, -0.25) is 4.90 Å². The normalized spacial score (nSPS) is 21.6. The maximum absolute atomic E-state index is 10.3. The smallest absolute Gasteiger partial charge is 0.169 e. The minimum absolute atomic E-state index is 0.186. The number of aromatic nitrogens is 3. The molecule has 2 bridgehead atoms. The van der Waals surface area contributed by atoms with E-state index in [-0.39, 0.29) is 5.75 Å². The van der Waals surface area contributed by atoms with E-state index in [1.54, 1.807) is 12.1 Å². The molecule has 196 valence electrons. The number of hydrogen-bond acceptors (Lipinski definition) is 8. The van der Waals surface area contributed by atoms with Crippen LogP contribution in [0.25, 0.3) is 11.3 Å². The number of benzene rings is 1. The minimum atomic E-state index is 0.186. The maximum atomic E-state index is 10.3. The molecule has 3 aliphatic rings. The Morgan fingerprint density at radius 2 is 1.71 bits per heavy atom. The van der Waals surface area contributed by atoms with Crippen LogP contribution in [0.5, 0.6) is 5.75 Å². The number of nitrogens with two attached hydrogens (primary N) is 1. The summed E-state index contributed by atoms with van der Waals surface area (Å²) < 4.78 is 0. The molecule has 0 amide bonds. The van der Waals surface area contributed by atoms with Crippen molar-refractivity contribution in [3.8, 4) is 28.8 Å². The van der Waals surface area contributed by atoms with Crippen molar-refractivity contribution in [1.29, 1.82) is 0 Å². The molecule has 6 rings (SSSR count). The lowest BCUT2D eigenvalue weighted by Gasteiger charge is -2.43. The molecule has 0 saturated carbocycles. The Morgan fingerprint density at radius 1 is 0.947 bits per heavy atom. The van der Waals surface area contributed by atoms with Crippen molar-refractivity contribution in [2.75, 3.05) is 48.3 Å². The number of pyridine rings is 1. The summed E-state index contributed by atoms with van der Waals surface area (Å²) in [6, 6.07) is 14.1. The van der Waals surface area contributed by atoms with Crippen molar-refractivity contribution in [2.45, 2.75) is 50.6 Å². The van der Waals surface area contributed by atoms with Gasteiger partial charge in [0.2, 0.25) is 0 Å². The number of hydrogen-bond donors (Lipinski definition) is 2. The Bertz CT molecular complexity index is 1330. The zero-order valence-electron chi connectivity index (χ0n) is 21.8. The molecular weight excluding hydrogens is 474 g/mol. The molecular formula is C30H35N7O. The molecule has 3 aliphatic heterocycles. The molecule has 1 unspecified atom stereocenters. The third-order valence-corrected chi connectivity index (χ3v) is 8.06. The largest absolute Gasteiger partial charge is 0.507 e. The van der Waals surface area contributed by atoms with Gasteiger partial charge in [0, 0.05) is 42.6 Å². The fraction of sp³-hybridized carbons (Fsp3) is 0.433. The van der Waals surface area contributed by atoms with Crippen molar-refractivity contribution in [3.05, 3.63) is 54.4 Å². The highest BCUT2D eigenvalue weighted by Crippen LogP contribution is 2.39. The Kier molecular flexibility index (Phi) is 7.02. The van der Waals surface area contributed by atoms with Crippen LogP contribution in [0.4, 0.5) is 17.2 Å². The second kappa shape index (κ2) is 10.9. The number of fused-ring (bicyclic) bond motifs is 2. The molecule has 2 aromatic heterocycles. The number of anilines is 3. The Hall–Kier alpha value is -3.83. The number of phenolic OH excluding ortho intramolecular Hbond substituents is 1. The van der Waals surface area contributed by atoms with Gasteiger partial charge in [-0.1, -0.05) is 30.9 Å². The number of nitrogens with zero attached hydrogens (tertiary/aromatic N) is 6. The predicted molar refractivity (Wildman–Crippen MR) is 151 cm³/mol. The first-order chi connectivity index (χ1) is 18.7. The van der Waals surface area contributed by atoms with Crippen LogP contribution in [-0.2, 0) is 0 Å². The topological polar surface area (TPSA) is 94.6 Å². The van der Waals surface area contributed by atoms with Crippen molar-refractivity contribution < 1.29 is 5.11 Å². The van der Waals surface area contributed by atoms with Crippen molar-refractivity contribution in [3.63, 3.8) is 0 Å². The van der Waals surface area contributed by atoms with Crippen LogP contribution in [0.2, 0.25) is 0 Å². The molecule has 38 heavy (non-hydrogen) atoms. The fourth-order valence-corrected chi connectivity index (χ4v) is 6.17. The zero-order chi connectivity index (χ0) is 25.9. The first-order valence-corrected chi connectivity index (χ1v) is 13.8. The molecule has 3 saturated heterocycles. The van der Waals surface area contributed by atoms with E-state index in [0.717, 1.165) is 56.9 Å². The van der Waals surface area contributed by atoms with E-state index >= 15 is 0 Å². The summed E-state index contributed by atoms with van der Waals surface area (Å²) in [6.07, 6.45) is 9.38. The average Bonchev–Trinajstić information content (AvgIpc) is 3.09. The van der Waals surface area contributed by atoms with Crippen molar-refractivity contribution in [2.24, 2.45) is 0 Å². The molecule has 0 aliphatic carbocycles. The van der Waals surface area contributed by atoms with Crippen LogP contribution in [0, 0.1) is 11.8 Å². The summed E-state index contributed by atoms with van der Waals surface area (Å²) in [5.41, 5.74) is 10.5. The lowest BCUT2D eigenvalue weighted by atomic mass is 10.1. The summed E-state index contributed by atoms with van der Waals surface area (Å²) in [5, 5.41) is 18.8. The molecule has 0 spiro atoms. The van der Waals surface area contributed by atoms with Gasteiger partial charge >= 0.3 is 0 Å². The molecule has 3 aromatic rings. The molecule has 3 fully saturated rings. The third-order valence-electron chi connectivity index (χ3n) is 8.06. The Balaban J connectivity index is 1.17. The number of nitrogen functional groups attached to an aromatic ring is 1. The highest BCUT2D eigenvalue weighted by Gasteiger charge is 2.40. The summed E-state index contributed by atoms with van der Waals surface area (Å²) in [4.78, 5) is 11.9. The van der Waals surface area contributed by atoms with Crippen LogP contribution in [0.3, 0.4) is 0 Å². The molecule has 5 heterocycles. The quantitative estimate of drug-likeness (QED) is 0.512. The average molecular weight is 510 g/mol. The summed E-state index contributed by atoms with van der Waals surface area (Å²) in [7, 11) is 0. The maximum Gasteiger partial charge on any atom is 0.169 e. The SMILES string of the molecule is Nc1nnc(-c2ccccc2O)cc1N1CC2CC[C@H](C1)N2c1ccnc(C#CCN2CCCCCC2)c1. The second-order valence-electron chi connectivity index (χ2n) is 10.6. The molecule has 2 atom stereocenters. The van der Waals surface area contributed by atoms with Gasteiger partial charge in [0.25, 0.3) is 0 Å². The van der Waals surface area contributed by atoms with Gasteiger partial charge in [-0.15, -0.1) is 10.2 Å². The van der Waals surface area contributed by atoms with Crippen LogP contribution < -0.4 is 15.5 Å². The number of likely N-dealkylation sites (tertiary alicyclic amines) is 1. The van der Waals surface area contributed by atoms with Crippen LogP contribution in [0.1, 0.15) is 44.2 Å². The van der Waals surface area contributed by atoms with E-state index in [9.17, 15) is 5.11 Å². The fourth-order valence-electron chi connectivity index (χ4n) is 6.17. The predicted octanol–water partition coefficient (Wildman–Crippen LogP) is 3.91. The summed E-state index contributed by atoms with van der Waals surface area (Å²) >= 11 is 0. The van der Waals surface area contributed by atoms with Gasteiger partial charge in [0.05, 0.1) is 17.9 Å². The lowest BCUT2D eigenvalue weighted by molar-refractivity contribution is 0.320. The highest BCUT2D eigenvalue weighted by atomic mass is 16.3. The van der Waals surface area contributed by atoms with E-state index in [4.69, 9.17) is 5.73 Å². The Morgan fingerprint density at radius 3 is 2.47 bits per heavy atom. The molecule has 0 radical (unpaired) electrons. The third kappa shape index (κ3) is 5.11. The first-order valence-electron chi connectivity index (χ1n) is 13.8. The van der Waals surface area contributed by atoms with Crippen LogP contribution in [-0.4, -0.2) is 70.0 Å². The number of piperazine rings is 1.